The van der Waals surface area contributed by atoms with Crippen LogP contribution in [-0.2, 0) is 0 Å². The number of piperidine rings is 1. The van der Waals surface area contributed by atoms with Gasteiger partial charge in [-0.2, -0.15) is 5.26 Å². The van der Waals surface area contributed by atoms with Crippen LogP contribution < -0.4 is 21.7 Å². The SMILES string of the molecule is N#Cc1cccc(F)c1-c1ccc2cc(N)c(C(=O)Nc3cnccc3N3CCCC(N)C3)nc2c1. The molecule has 180 valence electrons. The minimum atomic E-state index is -0.511. The van der Waals surface area contributed by atoms with E-state index in [-0.39, 0.29) is 28.6 Å². The predicted molar refractivity (Wildman–Crippen MR) is 138 cm³/mol. The first-order valence-corrected chi connectivity index (χ1v) is 11.6. The lowest BCUT2D eigenvalue weighted by Gasteiger charge is -2.33. The van der Waals surface area contributed by atoms with E-state index in [0.717, 1.165) is 25.1 Å². The number of anilines is 3. The van der Waals surface area contributed by atoms with Crippen molar-refractivity contribution in [3.05, 3.63) is 78.0 Å². The van der Waals surface area contributed by atoms with Crippen molar-refractivity contribution < 1.29 is 9.18 Å². The first-order chi connectivity index (χ1) is 17.4. The summed E-state index contributed by atoms with van der Waals surface area (Å²) in [6.07, 6.45) is 5.19. The van der Waals surface area contributed by atoms with E-state index in [9.17, 15) is 14.4 Å². The predicted octanol–water partition coefficient (Wildman–Crippen LogP) is 4.07. The summed E-state index contributed by atoms with van der Waals surface area (Å²) in [4.78, 5) is 24.1. The van der Waals surface area contributed by atoms with Gasteiger partial charge < -0.3 is 21.7 Å². The molecule has 1 fully saturated rings. The van der Waals surface area contributed by atoms with Crippen molar-refractivity contribution in [2.24, 2.45) is 5.73 Å². The van der Waals surface area contributed by atoms with Crippen LogP contribution in [0.5, 0.6) is 0 Å². The topological polar surface area (TPSA) is 134 Å². The smallest absolute Gasteiger partial charge is 0.276 e. The van der Waals surface area contributed by atoms with Gasteiger partial charge in [0.1, 0.15) is 5.82 Å². The normalized spacial score (nSPS) is 15.5. The number of pyridine rings is 2. The van der Waals surface area contributed by atoms with Crippen molar-refractivity contribution in [1.82, 2.24) is 9.97 Å². The molecule has 1 saturated heterocycles. The molecule has 2 aromatic carbocycles. The molecule has 1 amide bonds. The summed E-state index contributed by atoms with van der Waals surface area (Å²) in [5.74, 6) is -0.998. The molecule has 1 atom stereocenters. The number of hydrogen-bond donors (Lipinski definition) is 3. The Morgan fingerprint density at radius 1 is 1.22 bits per heavy atom. The second-order valence-corrected chi connectivity index (χ2v) is 8.80. The van der Waals surface area contributed by atoms with Gasteiger partial charge in [-0.3, -0.25) is 9.78 Å². The monoisotopic (exact) mass is 481 g/mol. The standard InChI is InChI=1S/C27H24FN7O/c28-20-5-1-3-18(13-29)25(20)17-7-6-16-11-21(31)26(33-22(16)12-17)27(36)34-23-14-32-9-8-24(23)35-10-2-4-19(30)15-35/h1,3,5-9,11-12,14,19H,2,4,10,15,30-31H2,(H,34,36). The Bertz CT molecular complexity index is 1510. The van der Waals surface area contributed by atoms with Crippen molar-refractivity contribution in [2.45, 2.75) is 18.9 Å². The van der Waals surface area contributed by atoms with Crippen LogP contribution in [-0.4, -0.2) is 35.0 Å². The first kappa shape index (κ1) is 23.2. The number of halogens is 1. The van der Waals surface area contributed by atoms with Gasteiger partial charge in [0.25, 0.3) is 5.91 Å². The van der Waals surface area contributed by atoms with Crippen LogP contribution in [0.15, 0.2) is 60.9 Å². The van der Waals surface area contributed by atoms with E-state index < -0.39 is 11.7 Å². The van der Waals surface area contributed by atoms with E-state index in [2.05, 4.69) is 20.2 Å². The molecule has 1 aliphatic rings. The van der Waals surface area contributed by atoms with Crippen molar-refractivity contribution >= 4 is 33.9 Å². The van der Waals surface area contributed by atoms with Gasteiger partial charge in [-0.25, -0.2) is 9.37 Å². The maximum atomic E-state index is 14.6. The number of nitrogens with one attached hydrogen (secondary N) is 1. The number of nitrogens with zero attached hydrogens (tertiary/aromatic N) is 4. The second-order valence-electron chi connectivity index (χ2n) is 8.80. The second kappa shape index (κ2) is 9.60. The summed E-state index contributed by atoms with van der Waals surface area (Å²) in [7, 11) is 0. The number of aromatic nitrogens is 2. The molecular weight excluding hydrogens is 457 g/mol. The third-order valence-corrected chi connectivity index (χ3v) is 6.33. The third-order valence-electron chi connectivity index (χ3n) is 6.33. The Kier molecular flexibility index (Phi) is 6.19. The van der Waals surface area contributed by atoms with E-state index in [1.807, 2.05) is 12.1 Å². The molecule has 0 bridgehead atoms. The Hall–Kier alpha value is -4.55. The molecule has 9 heteroatoms. The molecule has 36 heavy (non-hydrogen) atoms. The Labute approximate surface area is 207 Å². The number of carbonyl (C=O) groups is 1. The molecular formula is C27H24FN7O. The van der Waals surface area contributed by atoms with Crippen molar-refractivity contribution in [3.63, 3.8) is 0 Å². The summed E-state index contributed by atoms with van der Waals surface area (Å²) in [6, 6.07) is 15.0. The third kappa shape index (κ3) is 4.42. The van der Waals surface area contributed by atoms with Gasteiger partial charge in [-0.1, -0.05) is 18.2 Å². The highest BCUT2D eigenvalue weighted by atomic mass is 19.1. The van der Waals surface area contributed by atoms with Gasteiger partial charge in [0.2, 0.25) is 0 Å². The zero-order valence-corrected chi connectivity index (χ0v) is 19.4. The highest BCUT2D eigenvalue weighted by Crippen LogP contribution is 2.31. The van der Waals surface area contributed by atoms with Crippen LogP contribution in [0, 0.1) is 17.1 Å². The van der Waals surface area contributed by atoms with Crippen LogP contribution in [0.3, 0.4) is 0 Å². The van der Waals surface area contributed by atoms with Gasteiger partial charge in [-0.05, 0) is 48.7 Å². The zero-order valence-electron chi connectivity index (χ0n) is 19.4. The number of hydrogen-bond acceptors (Lipinski definition) is 7. The lowest BCUT2D eigenvalue weighted by Crippen LogP contribution is -2.43. The largest absolute Gasteiger partial charge is 0.397 e. The molecule has 5 rings (SSSR count). The molecule has 8 nitrogen and oxygen atoms in total. The first-order valence-electron chi connectivity index (χ1n) is 11.6. The minimum Gasteiger partial charge on any atom is -0.397 e. The number of benzene rings is 2. The van der Waals surface area contributed by atoms with E-state index in [1.165, 1.54) is 12.1 Å². The lowest BCUT2D eigenvalue weighted by atomic mass is 9.98. The van der Waals surface area contributed by atoms with Crippen molar-refractivity contribution in [2.75, 3.05) is 29.0 Å². The van der Waals surface area contributed by atoms with Crippen LogP contribution in [0.4, 0.5) is 21.5 Å². The summed E-state index contributed by atoms with van der Waals surface area (Å²) < 4.78 is 14.6. The number of nitriles is 1. The van der Waals surface area contributed by atoms with Gasteiger partial charge in [0.05, 0.1) is 40.4 Å². The molecule has 0 spiro atoms. The molecule has 0 aliphatic carbocycles. The molecule has 5 N–H and O–H groups in total. The van der Waals surface area contributed by atoms with Crippen LogP contribution in [0.1, 0.15) is 28.9 Å². The van der Waals surface area contributed by atoms with Crippen molar-refractivity contribution in [3.8, 4) is 17.2 Å². The quantitative estimate of drug-likeness (QED) is 0.400. The zero-order chi connectivity index (χ0) is 25.2. The molecule has 1 unspecified atom stereocenters. The maximum Gasteiger partial charge on any atom is 0.276 e. The highest BCUT2D eigenvalue weighted by molar-refractivity contribution is 6.09. The number of nitrogen functional groups attached to an aromatic ring is 1. The van der Waals surface area contributed by atoms with Crippen LogP contribution in [0.25, 0.3) is 22.0 Å². The number of nitrogens with two attached hydrogens (primary N) is 2. The maximum absolute atomic E-state index is 14.6. The van der Waals surface area contributed by atoms with Gasteiger partial charge in [0.15, 0.2) is 5.69 Å². The molecule has 4 aromatic rings. The molecule has 1 aliphatic heterocycles. The van der Waals surface area contributed by atoms with Crippen LogP contribution in [0.2, 0.25) is 0 Å². The lowest BCUT2D eigenvalue weighted by molar-refractivity contribution is 0.102. The molecule has 2 aromatic heterocycles. The summed E-state index contributed by atoms with van der Waals surface area (Å²) in [5.41, 5.74) is 15.3. The number of carbonyl (C=O) groups excluding carboxylic acids is 1. The molecule has 3 heterocycles. The average molecular weight is 482 g/mol. The highest BCUT2D eigenvalue weighted by Gasteiger charge is 2.22. The number of fused-ring (bicyclic) bond motifs is 1. The fourth-order valence-corrected chi connectivity index (χ4v) is 4.60. The van der Waals surface area contributed by atoms with Crippen molar-refractivity contribution in [1.29, 1.82) is 5.26 Å². The Balaban J connectivity index is 1.49. The summed E-state index contributed by atoms with van der Waals surface area (Å²) in [6.45, 7) is 1.52. The minimum absolute atomic E-state index is 0.0406. The average Bonchev–Trinajstić information content (AvgIpc) is 2.88. The Morgan fingerprint density at radius 3 is 2.89 bits per heavy atom. The number of rotatable bonds is 4. The van der Waals surface area contributed by atoms with E-state index in [0.29, 0.717) is 28.7 Å². The number of amides is 1. The fourth-order valence-electron chi connectivity index (χ4n) is 4.60. The summed E-state index contributed by atoms with van der Waals surface area (Å²) >= 11 is 0. The van der Waals surface area contributed by atoms with E-state index in [1.54, 1.807) is 42.7 Å². The molecule has 0 radical (unpaired) electrons. The van der Waals surface area contributed by atoms with E-state index in [4.69, 9.17) is 11.5 Å². The fraction of sp³-hybridized carbons (Fsp3) is 0.185. The Morgan fingerprint density at radius 2 is 2.08 bits per heavy atom. The van der Waals surface area contributed by atoms with Gasteiger partial charge in [-0.15, -0.1) is 0 Å². The van der Waals surface area contributed by atoms with Gasteiger partial charge >= 0.3 is 0 Å². The van der Waals surface area contributed by atoms with Gasteiger partial charge in [0, 0.05) is 36.3 Å². The van der Waals surface area contributed by atoms with Crippen LogP contribution >= 0.6 is 0 Å². The summed E-state index contributed by atoms with van der Waals surface area (Å²) in [5, 5.41) is 13.0. The van der Waals surface area contributed by atoms with E-state index >= 15 is 0 Å². The molecule has 0 saturated carbocycles.